The van der Waals surface area contributed by atoms with Gasteiger partial charge in [-0.2, -0.15) is 0 Å². The molecular weight excluding hydrogens is 382 g/mol. The molecule has 3 aromatic rings. The molecule has 1 aromatic carbocycles. The van der Waals surface area contributed by atoms with Crippen molar-refractivity contribution in [3.63, 3.8) is 0 Å². The second kappa shape index (κ2) is 8.73. The summed E-state index contributed by atoms with van der Waals surface area (Å²) in [5.74, 6) is 2.26. The summed E-state index contributed by atoms with van der Waals surface area (Å²) in [5, 5.41) is 8.27. The summed E-state index contributed by atoms with van der Waals surface area (Å²) in [5.41, 5.74) is 2.03. The van der Waals surface area contributed by atoms with Crippen LogP contribution < -0.4 is 4.74 Å². The summed E-state index contributed by atoms with van der Waals surface area (Å²) in [4.78, 5) is 15.1. The minimum atomic E-state index is -0.168. The number of likely N-dealkylation sites (tertiary alicyclic amines) is 1. The Bertz CT molecular complexity index is 990. The van der Waals surface area contributed by atoms with E-state index in [-0.39, 0.29) is 17.9 Å². The first-order valence-electron chi connectivity index (χ1n) is 10.5. The van der Waals surface area contributed by atoms with Crippen LogP contribution in [-0.4, -0.2) is 34.8 Å². The number of hydrogen-bond acceptors (Lipinski definition) is 6. The molecule has 1 atom stereocenters. The van der Waals surface area contributed by atoms with Crippen LogP contribution in [0, 0.1) is 0 Å². The van der Waals surface area contributed by atoms with Gasteiger partial charge in [0.1, 0.15) is 17.2 Å². The van der Waals surface area contributed by atoms with Crippen LogP contribution in [0.25, 0.3) is 11.3 Å². The number of rotatable bonds is 5. The number of benzene rings is 1. The highest BCUT2D eigenvalue weighted by atomic mass is 16.5. The number of aromatic nitrogens is 2. The van der Waals surface area contributed by atoms with Gasteiger partial charge in [0.05, 0.1) is 13.2 Å². The minimum Gasteiger partial charge on any atom is -0.497 e. The second-order valence-corrected chi connectivity index (χ2v) is 7.98. The van der Waals surface area contributed by atoms with E-state index >= 15 is 0 Å². The van der Waals surface area contributed by atoms with Crippen LogP contribution >= 0.6 is 0 Å². The first kappa shape index (κ1) is 20.2. The van der Waals surface area contributed by atoms with Crippen LogP contribution in [0.4, 0.5) is 0 Å². The summed E-state index contributed by atoms with van der Waals surface area (Å²) >= 11 is 0. The topological polar surface area (TPSA) is 81.6 Å². The fraction of sp³-hybridized carbons (Fsp3) is 0.435. The molecule has 0 spiro atoms. The van der Waals surface area contributed by atoms with Gasteiger partial charge in [-0.05, 0) is 37.1 Å². The van der Waals surface area contributed by atoms with Gasteiger partial charge < -0.3 is 18.7 Å². The maximum atomic E-state index is 13.2. The van der Waals surface area contributed by atoms with E-state index in [4.69, 9.17) is 13.8 Å². The zero-order chi connectivity index (χ0) is 21.1. The normalized spacial score (nSPS) is 17.2. The molecule has 3 heterocycles. The van der Waals surface area contributed by atoms with Gasteiger partial charge in [-0.25, -0.2) is 0 Å². The molecule has 1 amide bonds. The van der Waals surface area contributed by atoms with Gasteiger partial charge in [-0.3, -0.25) is 4.79 Å². The molecule has 158 valence electrons. The highest BCUT2D eigenvalue weighted by molar-refractivity contribution is 5.92. The smallest absolute Gasteiger partial charge is 0.276 e. The quantitative estimate of drug-likeness (QED) is 0.575. The van der Waals surface area contributed by atoms with Gasteiger partial charge in [-0.15, -0.1) is 0 Å². The zero-order valence-electron chi connectivity index (χ0n) is 17.6. The Labute approximate surface area is 176 Å². The van der Waals surface area contributed by atoms with Crippen molar-refractivity contribution >= 4 is 5.91 Å². The standard InChI is InChI=1S/C23H27N3O4/c1-15(2)21-14-19(25-29-21)23(27)26-12-6-4-5-7-20(26)22-13-18(24-30-22)16-8-10-17(28-3)11-9-16/h8-11,13-15,20H,4-7,12H2,1-3H3. The summed E-state index contributed by atoms with van der Waals surface area (Å²) < 4.78 is 16.3. The van der Waals surface area contributed by atoms with Gasteiger partial charge in [0, 0.05) is 30.2 Å². The molecule has 0 saturated carbocycles. The van der Waals surface area contributed by atoms with E-state index in [1.54, 1.807) is 13.2 Å². The van der Waals surface area contributed by atoms with Crippen molar-refractivity contribution < 1.29 is 18.6 Å². The van der Waals surface area contributed by atoms with Crippen LogP contribution in [-0.2, 0) is 0 Å². The molecule has 2 aromatic heterocycles. The summed E-state index contributed by atoms with van der Waals surface area (Å²) in [6.07, 6.45) is 3.90. The lowest BCUT2D eigenvalue weighted by molar-refractivity contribution is 0.0640. The molecule has 1 fully saturated rings. The number of amides is 1. The monoisotopic (exact) mass is 409 g/mol. The number of carbonyl (C=O) groups is 1. The molecule has 0 bridgehead atoms. The SMILES string of the molecule is COc1ccc(-c2cc(C3CCCCCN3C(=O)c3cc(C(C)C)on3)on2)cc1. The third-order valence-electron chi connectivity index (χ3n) is 5.57. The molecule has 1 unspecified atom stereocenters. The lowest BCUT2D eigenvalue weighted by Gasteiger charge is -2.27. The Morgan fingerprint density at radius 3 is 2.60 bits per heavy atom. The molecule has 7 nitrogen and oxygen atoms in total. The van der Waals surface area contributed by atoms with E-state index in [1.807, 2.05) is 49.1 Å². The van der Waals surface area contributed by atoms with Crippen molar-refractivity contribution in [1.29, 1.82) is 0 Å². The van der Waals surface area contributed by atoms with Gasteiger partial charge in [0.2, 0.25) is 0 Å². The first-order chi connectivity index (χ1) is 14.6. The van der Waals surface area contributed by atoms with Crippen LogP contribution in [0.15, 0.2) is 45.4 Å². The fourth-order valence-corrected chi connectivity index (χ4v) is 3.80. The van der Waals surface area contributed by atoms with Crippen molar-refractivity contribution in [2.75, 3.05) is 13.7 Å². The van der Waals surface area contributed by atoms with E-state index in [1.165, 1.54) is 0 Å². The minimum absolute atomic E-state index is 0.125. The van der Waals surface area contributed by atoms with Crippen LogP contribution in [0.3, 0.4) is 0 Å². The molecule has 30 heavy (non-hydrogen) atoms. The predicted molar refractivity (Wildman–Crippen MR) is 111 cm³/mol. The Morgan fingerprint density at radius 2 is 1.90 bits per heavy atom. The van der Waals surface area contributed by atoms with Gasteiger partial charge in [-0.1, -0.05) is 37.0 Å². The second-order valence-electron chi connectivity index (χ2n) is 7.98. The predicted octanol–water partition coefficient (Wildman–Crippen LogP) is 5.22. The maximum absolute atomic E-state index is 13.2. The molecule has 0 radical (unpaired) electrons. The van der Waals surface area contributed by atoms with Crippen molar-refractivity contribution in [1.82, 2.24) is 15.2 Å². The van der Waals surface area contributed by atoms with Gasteiger partial charge in [0.25, 0.3) is 5.91 Å². The lowest BCUT2D eigenvalue weighted by Crippen LogP contribution is -2.34. The maximum Gasteiger partial charge on any atom is 0.276 e. The molecule has 1 aliphatic heterocycles. The average molecular weight is 409 g/mol. The Kier molecular flexibility index (Phi) is 5.88. The van der Waals surface area contributed by atoms with Crippen LogP contribution in [0.5, 0.6) is 5.75 Å². The van der Waals surface area contributed by atoms with E-state index in [2.05, 4.69) is 10.3 Å². The van der Waals surface area contributed by atoms with E-state index in [0.717, 1.165) is 42.7 Å². The third-order valence-corrected chi connectivity index (χ3v) is 5.57. The zero-order valence-corrected chi connectivity index (χ0v) is 17.6. The molecule has 7 heteroatoms. The Morgan fingerprint density at radius 1 is 1.10 bits per heavy atom. The molecule has 0 aliphatic carbocycles. The molecule has 4 rings (SSSR count). The van der Waals surface area contributed by atoms with Crippen LogP contribution in [0.1, 0.15) is 73.5 Å². The number of ether oxygens (including phenoxy) is 1. The number of methoxy groups -OCH3 is 1. The summed E-state index contributed by atoms with van der Waals surface area (Å²) in [7, 11) is 1.64. The first-order valence-corrected chi connectivity index (χ1v) is 10.5. The largest absolute Gasteiger partial charge is 0.497 e. The van der Waals surface area contributed by atoms with Crippen molar-refractivity contribution in [3.05, 3.63) is 53.6 Å². The van der Waals surface area contributed by atoms with Crippen LogP contribution in [0.2, 0.25) is 0 Å². The number of hydrogen-bond donors (Lipinski definition) is 0. The van der Waals surface area contributed by atoms with Crippen molar-refractivity contribution in [2.24, 2.45) is 0 Å². The number of nitrogens with zero attached hydrogens (tertiary/aromatic N) is 3. The lowest BCUT2D eigenvalue weighted by atomic mass is 10.0. The van der Waals surface area contributed by atoms with Gasteiger partial charge in [0.15, 0.2) is 11.5 Å². The molecule has 1 aliphatic rings. The molecule has 0 N–H and O–H groups in total. The van der Waals surface area contributed by atoms with E-state index in [0.29, 0.717) is 23.8 Å². The molecular formula is C23H27N3O4. The highest BCUT2D eigenvalue weighted by Gasteiger charge is 2.32. The van der Waals surface area contributed by atoms with Crippen molar-refractivity contribution in [3.8, 4) is 17.0 Å². The average Bonchev–Trinajstić information content (AvgIpc) is 3.39. The third kappa shape index (κ3) is 4.10. The summed E-state index contributed by atoms with van der Waals surface area (Å²) in [6.45, 7) is 4.68. The number of carbonyl (C=O) groups excluding carboxylic acids is 1. The van der Waals surface area contributed by atoms with Gasteiger partial charge >= 0.3 is 0 Å². The van der Waals surface area contributed by atoms with E-state index < -0.39 is 0 Å². The fourth-order valence-electron chi connectivity index (χ4n) is 3.80. The Hall–Kier alpha value is -3.09. The Balaban J connectivity index is 1.60. The van der Waals surface area contributed by atoms with E-state index in [9.17, 15) is 4.79 Å². The molecule has 1 saturated heterocycles. The highest BCUT2D eigenvalue weighted by Crippen LogP contribution is 2.34. The van der Waals surface area contributed by atoms with Crippen molar-refractivity contribution in [2.45, 2.75) is 51.5 Å². The summed E-state index contributed by atoms with van der Waals surface area (Å²) in [6, 6.07) is 11.2.